The molecule has 6 nitrogen and oxygen atoms in total. The zero-order chi connectivity index (χ0) is 16.7. The van der Waals surface area contributed by atoms with Crippen LogP contribution in [0.5, 0.6) is 0 Å². The summed E-state index contributed by atoms with van der Waals surface area (Å²) in [4.78, 5) is 23.4. The van der Waals surface area contributed by atoms with Gasteiger partial charge in [-0.3, -0.25) is 19.5 Å². The molecule has 9 heteroatoms. The lowest BCUT2D eigenvalue weighted by Gasteiger charge is -2.14. The quantitative estimate of drug-likeness (QED) is 0.442. The molecule has 2 heterocycles. The Morgan fingerprint density at radius 2 is 2.22 bits per heavy atom. The number of rotatable bonds is 3. The van der Waals surface area contributed by atoms with E-state index in [2.05, 4.69) is 5.32 Å². The molecule has 0 aliphatic carbocycles. The molecule has 3 rings (SSSR count). The summed E-state index contributed by atoms with van der Waals surface area (Å²) in [7, 11) is 0. The molecule has 0 fully saturated rings. The fourth-order valence-corrected chi connectivity index (χ4v) is 4.01. The van der Waals surface area contributed by atoms with Crippen LogP contribution in [0.3, 0.4) is 0 Å². The molecule has 0 atom stereocenters. The van der Waals surface area contributed by atoms with Crippen LogP contribution in [-0.2, 0) is 6.54 Å². The Hall–Kier alpha value is -1.62. The van der Waals surface area contributed by atoms with Gasteiger partial charge >= 0.3 is 5.69 Å². The second-order valence-electron chi connectivity index (χ2n) is 4.97. The second kappa shape index (κ2) is 6.11. The van der Waals surface area contributed by atoms with Crippen LogP contribution >= 0.6 is 34.4 Å². The zero-order valence-electron chi connectivity index (χ0n) is 11.9. The Balaban J connectivity index is 2.21. The van der Waals surface area contributed by atoms with Crippen molar-refractivity contribution in [2.75, 3.05) is 11.1 Å². The molecule has 0 spiro atoms. The van der Waals surface area contributed by atoms with Crippen LogP contribution in [0.4, 0.5) is 21.5 Å². The normalized spacial score (nSPS) is 13.0. The number of benzene rings is 1. The summed E-state index contributed by atoms with van der Waals surface area (Å²) in [5.41, 5.74) is -0.0998. The third-order valence-corrected chi connectivity index (χ3v) is 5.30. The zero-order valence-corrected chi connectivity index (χ0v) is 14.9. The van der Waals surface area contributed by atoms with Gasteiger partial charge in [-0.05, 0) is 47.7 Å². The molecule has 1 aliphatic heterocycles. The minimum absolute atomic E-state index is 0.0563. The number of pyridine rings is 1. The highest BCUT2D eigenvalue weighted by molar-refractivity contribution is 14.1. The number of hydrogen-bond donors (Lipinski definition) is 1. The first kappa shape index (κ1) is 16.2. The number of thioether (sulfide) groups is 1. The largest absolute Gasteiger partial charge is 0.347 e. The van der Waals surface area contributed by atoms with E-state index in [0.717, 1.165) is 0 Å². The number of aromatic nitrogens is 1. The molecule has 2 aromatic rings. The smallest absolute Gasteiger partial charge is 0.323 e. The summed E-state index contributed by atoms with van der Waals surface area (Å²) >= 11 is 3.24. The summed E-state index contributed by atoms with van der Waals surface area (Å²) in [5, 5.41) is 14.6. The van der Waals surface area contributed by atoms with E-state index in [0.29, 0.717) is 20.9 Å². The molecule has 1 aromatic heterocycles. The Morgan fingerprint density at radius 3 is 2.87 bits per heavy atom. The fourth-order valence-electron chi connectivity index (χ4n) is 2.44. The summed E-state index contributed by atoms with van der Waals surface area (Å²) in [6, 6.07) is 4.50. The highest BCUT2D eigenvalue weighted by Gasteiger charge is 2.31. The van der Waals surface area contributed by atoms with E-state index in [9.17, 15) is 19.3 Å². The lowest BCUT2D eigenvalue weighted by Crippen LogP contribution is -2.24. The van der Waals surface area contributed by atoms with Crippen LogP contribution in [0, 0.1) is 26.4 Å². The average molecular weight is 447 g/mol. The first-order valence-corrected chi connectivity index (χ1v) is 8.73. The maximum atomic E-state index is 14.0. The van der Waals surface area contributed by atoms with Crippen LogP contribution in [0.25, 0.3) is 0 Å². The minimum Gasteiger partial charge on any atom is -0.347 e. The molecule has 0 amide bonds. The lowest BCUT2D eigenvalue weighted by molar-refractivity contribution is -0.387. The van der Waals surface area contributed by atoms with Gasteiger partial charge in [-0.15, -0.1) is 0 Å². The van der Waals surface area contributed by atoms with E-state index < -0.39 is 10.7 Å². The maximum Gasteiger partial charge on any atom is 0.323 e. The SMILES string of the molecule is Cc1c(Nc2ccc(I)cc2F)c([N+](=O)[O-])c2n(c1=O)CCS2. The summed E-state index contributed by atoms with van der Waals surface area (Å²) in [5.74, 6) is 0.0792. The van der Waals surface area contributed by atoms with E-state index in [4.69, 9.17) is 0 Å². The molecular weight excluding hydrogens is 436 g/mol. The Morgan fingerprint density at radius 1 is 1.48 bits per heavy atom. The third-order valence-electron chi connectivity index (χ3n) is 3.55. The highest BCUT2D eigenvalue weighted by atomic mass is 127. The topological polar surface area (TPSA) is 77.2 Å². The van der Waals surface area contributed by atoms with Gasteiger partial charge in [-0.25, -0.2) is 4.39 Å². The standard InChI is InChI=1S/C14H11FIN3O3S/c1-7-11(17-10-3-2-8(16)6-9(10)15)12(19(21)22)14-18(13(7)20)4-5-23-14/h2-3,6,17H,4-5H2,1H3. The van der Waals surface area contributed by atoms with Crippen molar-refractivity contribution in [2.24, 2.45) is 0 Å². The minimum atomic E-state index is -0.529. The van der Waals surface area contributed by atoms with Crippen LogP contribution < -0.4 is 10.9 Å². The first-order valence-electron chi connectivity index (χ1n) is 6.67. The summed E-state index contributed by atoms with van der Waals surface area (Å²) in [6.45, 7) is 1.96. The monoisotopic (exact) mass is 447 g/mol. The van der Waals surface area contributed by atoms with Gasteiger partial charge in [0.25, 0.3) is 5.56 Å². The Bertz CT molecular complexity index is 885. The number of halogens is 2. The summed E-state index contributed by atoms with van der Waals surface area (Å²) in [6.07, 6.45) is 0. The van der Waals surface area contributed by atoms with E-state index in [1.807, 2.05) is 22.6 Å². The molecule has 0 radical (unpaired) electrons. The van der Waals surface area contributed by atoms with Crippen molar-refractivity contribution in [3.05, 3.63) is 53.6 Å². The van der Waals surface area contributed by atoms with Crippen molar-refractivity contribution in [3.63, 3.8) is 0 Å². The van der Waals surface area contributed by atoms with E-state index in [-0.39, 0.29) is 28.2 Å². The molecule has 1 aromatic carbocycles. The number of nitro groups is 1. The van der Waals surface area contributed by atoms with Gasteiger partial charge in [-0.1, -0.05) is 11.8 Å². The van der Waals surface area contributed by atoms with Crippen molar-refractivity contribution in [1.29, 1.82) is 0 Å². The van der Waals surface area contributed by atoms with Gasteiger partial charge in [0.05, 0.1) is 10.6 Å². The Kier molecular flexibility index (Phi) is 4.32. The van der Waals surface area contributed by atoms with Gasteiger partial charge in [-0.2, -0.15) is 0 Å². The van der Waals surface area contributed by atoms with E-state index in [1.54, 1.807) is 6.07 Å². The number of anilines is 2. The molecule has 120 valence electrons. The summed E-state index contributed by atoms with van der Waals surface area (Å²) < 4.78 is 16.2. The van der Waals surface area contributed by atoms with Crippen molar-refractivity contribution in [2.45, 2.75) is 18.5 Å². The molecule has 1 N–H and O–H groups in total. The van der Waals surface area contributed by atoms with Crippen LogP contribution in [0.2, 0.25) is 0 Å². The third kappa shape index (κ3) is 2.82. The maximum absolute atomic E-state index is 14.0. The van der Waals surface area contributed by atoms with E-state index >= 15 is 0 Å². The van der Waals surface area contributed by atoms with Crippen molar-refractivity contribution in [3.8, 4) is 0 Å². The van der Waals surface area contributed by atoms with Gasteiger partial charge in [0.15, 0.2) is 5.03 Å². The van der Waals surface area contributed by atoms with Crippen LogP contribution in [-0.4, -0.2) is 15.2 Å². The van der Waals surface area contributed by atoms with Crippen LogP contribution in [0.1, 0.15) is 5.56 Å². The number of fused-ring (bicyclic) bond motifs is 1. The average Bonchev–Trinajstić information content (AvgIpc) is 2.96. The predicted molar refractivity (Wildman–Crippen MR) is 95.2 cm³/mol. The highest BCUT2D eigenvalue weighted by Crippen LogP contribution is 2.40. The van der Waals surface area contributed by atoms with Crippen molar-refractivity contribution >= 4 is 51.4 Å². The van der Waals surface area contributed by atoms with Crippen LogP contribution in [0.15, 0.2) is 28.0 Å². The molecule has 0 saturated carbocycles. The molecule has 0 bridgehead atoms. The molecule has 0 unspecified atom stereocenters. The van der Waals surface area contributed by atoms with Gasteiger partial charge < -0.3 is 5.32 Å². The lowest BCUT2D eigenvalue weighted by atomic mass is 10.2. The number of hydrogen-bond acceptors (Lipinski definition) is 5. The van der Waals surface area contributed by atoms with Gasteiger partial charge in [0.2, 0.25) is 0 Å². The first-order chi connectivity index (χ1) is 10.9. The number of nitrogens with one attached hydrogen (secondary N) is 1. The van der Waals surface area contributed by atoms with Crippen molar-refractivity contribution < 1.29 is 9.31 Å². The predicted octanol–water partition coefficient (Wildman–Crippen LogP) is 3.66. The van der Waals surface area contributed by atoms with Gasteiger partial charge in [0.1, 0.15) is 11.5 Å². The molecular formula is C14H11FIN3O3S. The Labute approximate surface area is 148 Å². The van der Waals surface area contributed by atoms with E-state index in [1.165, 1.54) is 35.4 Å². The van der Waals surface area contributed by atoms with Crippen molar-refractivity contribution in [1.82, 2.24) is 4.57 Å². The second-order valence-corrected chi connectivity index (χ2v) is 7.29. The molecule has 23 heavy (non-hydrogen) atoms. The fraction of sp³-hybridized carbons (Fsp3) is 0.214. The molecule has 1 aliphatic rings. The molecule has 0 saturated heterocycles. The van der Waals surface area contributed by atoms with Gasteiger partial charge in [0, 0.05) is 21.4 Å². The number of nitrogens with zero attached hydrogens (tertiary/aromatic N) is 2.